The summed E-state index contributed by atoms with van der Waals surface area (Å²) in [5.41, 5.74) is -0.788. The summed E-state index contributed by atoms with van der Waals surface area (Å²) in [6.07, 6.45) is 4.55. The summed E-state index contributed by atoms with van der Waals surface area (Å²) >= 11 is 6.12. The monoisotopic (exact) mass is 391 g/mol. The molecule has 0 radical (unpaired) electrons. The van der Waals surface area contributed by atoms with Crippen LogP contribution in [-0.4, -0.2) is 48.7 Å². The zero-order valence-corrected chi connectivity index (χ0v) is 16.5. The molecule has 2 aromatic heterocycles. The highest BCUT2D eigenvalue weighted by molar-refractivity contribution is 6.30. The number of carbonyl (C=O) groups is 2. The number of hydrogen-bond acceptors (Lipinski definition) is 7. The smallest absolute Gasteiger partial charge is 0.323 e. The van der Waals surface area contributed by atoms with Crippen LogP contribution in [0.5, 0.6) is 0 Å². The van der Waals surface area contributed by atoms with Crippen molar-refractivity contribution < 1.29 is 19.1 Å². The van der Waals surface area contributed by atoms with E-state index in [1.807, 2.05) is 0 Å². The van der Waals surface area contributed by atoms with E-state index in [0.29, 0.717) is 16.8 Å². The molecule has 3 heterocycles. The molecule has 0 spiro atoms. The number of pyridine rings is 2. The van der Waals surface area contributed by atoms with Gasteiger partial charge in [-0.3, -0.25) is 9.59 Å². The summed E-state index contributed by atoms with van der Waals surface area (Å²) in [5.74, 6) is -0.499. The van der Waals surface area contributed by atoms with Crippen LogP contribution in [0.25, 0.3) is 10.8 Å². The molecule has 1 saturated heterocycles. The molecule has 0 aromatic carbocycles. The van der Waals surface area contributed by atoms with Crippen LogP contribution in [0.3, 0.4) is 0 Å². The molecular formula is C19H22ClN3O4. The summed E-state index contributed by atoms with van der Waals surface area (Å²) < 4.78 is 9.68. The van der Waals surface area contributed by atoms with Crippen LogP contribution in [0, 0.1) is 5.41 Å². The van der Waals surface area contributed by atoms with Gasteiger partial charge in [-0.2, -0.15) is 0 Å². The Labute approximate surface area is 162 Å². The Balaban J connectivity index is 2.11. The number of hydrogen-bond donors (Lipinski definition) is 0. The SMILES string of the molecule is COC(=O)C(C)(Cc1cnc(N2CCC2C)c2cnc(Cl)cc12)C(=O)OC. The Morgan fingerprint density at radius 1 is 1.22 bits per heavy atom. The van der Waals surface area contributed by atoms with Crippen LogP contribution in [0.2, 0.25) is 5.15 Å². The van der Waals surface area contributed by atoms with Gasteiger partial charge < -0.3 is 14.4 Å². The highest BCUT2D eigenvalue weighted by atomic mass is 35.5. The lowest BCUT2D eigenvalue weighted by molar-refractivity contribution is -0.167. The highest BCUT2D eigenvalue weighted by Gasteiger charge is 2.44. The fourth-order valence-electron chi connectivity index (χ4n) is 3.41. The third-order valence-electron chi connectivity index (χ3n) is 5.21. The van der Waals surface area contributed by atoms with E-state index in [9.17, 15) is 9.59 Å². The molecule has 1 atom stereocenters. The van der Waals surface area contributed by atoms with Crippen molar-refractivity contribution in [3.8, 4) is 0 Å². The summed E-state index contributed by atoms with van der Waals surface area (Å²) in [6.45, 7) is 4.57. The van der Waals surface area contributed by atoms with E-state index in [0.717, 1.165) is 29.6 Å². The summed E-state index contributed by atoms with van der Waals surface area (Å²) in [6, 6.07) is 2.13. The largest absolute Gasteiger partial charge is 0.468 e. The van der Waals surface area contributed by atoms with E-state index in [1.165, 1.54) is 21.1 Å². The van der Waals surface area contributed by atoms with E-state index in [2.05, 4.69) is 21.8 Å². The first kappa shape index (κ1) is 19.4. The van der Waals surface area contributed by atoms with Crippen molar-refractivity contribution in [2.24, 2.45) is 5.41 Å². The molecule has 1 fully saturated rings. The van der Waals surface area contributed by atoms with Gasteiger partial charge in [-0.05, 0) is 37.3 Å². The maximum atomic E-state index is 12.3. The lowest BCUT2D eigenvalue weighted by Gasteiger charge is -2.40. The molecule has 144 valence electrons. The highest BCUT2D eigenvalue weighted by Crippen LogP contribution is 2.36. The molecule has 1 aliphatic rings. The molecule has 1 unspecified atom stereocenters. The molecule has 0 saturated carbocycles. The van der Waals surface area contributed by atoms with Gasteiger partial charge in [0.15, 0.2) is 5.41 Å². The van der Waals surface area contributed by atoms with Gasteiger partial charge in [0.2, 0.25) is 0 Å². The number of methoxy groups -OCH3 is 2. The molecule has 0 bridgehead atoms. The van der Waals surface area contributed by atoms with Crippen molar-refractivity contribution in [1.82, 2.24) is 9.97 Å². The van der Waals surface area contributed by atoms with Crippen molar-refractivity contribution in [2.45, 2.75) is 32.7 Å². The number of carbonyl (C=O) groups excluding carboxylic acids is 2. The third-order valence-corrected chi connectivity index (χ3v) is 5.41. The van der Waals surface area contributed by atoms with Gasteiger partial charge in [-0.15, -0.1) is 0 Å². The number of fused-ring (bicyclic) bond motifs is 1. The molecule has 27 heavy (non-hydrogen) atoms. The standard InChI is InChI=1S/C19H22ClN3O4/c1-11-5-6-23(11)16-14-10-21-15(20)7-13(14)12(9-22-16)8-19(2,17(24)26-3)18(25)27-4/h7,9-11H,5-6,8H2,1-4H3. The Morgan fingerprint density at radius 3 is 2.41 bits per heavy atom. The minimum atomic E-state index is -1.49. The van der Waals surface area contributed by atoms with E-state index in [-0.39, 0.29) is 6.42 Å². The van der Waals surface area contributed by atoms with E-state index in [4.69, 9.17) is 21.1 Å². The van der Waals surface area contributed by atoms with Gasteiger partial charge in [-0.1, -0.05) is 11.6 Å². The predicted octanol–water partition coefficient (Wildman–Crippen LogP) is 2.78. The summed E-state index contributed by atoms with van der Waals surface area (Å²) in [4.78, 5) is 35.6. The number of halogens is 1. The second-order valence-electron chi connectivity index (χ2n) is 6.98. The Bertz CT molecular complexity index is 886. The molecule has 7 nitrogen and oxygen atoms in total. The van der Waals surface area contributed by atoms with Crippen LogP contribution in [0.1, 0.15) is 25.8 Å². The number of aromatic nitrogens is 2. The van der Waals surface area contributed by atoms with Crippen molar-refractivity contribution in [3.05, 3.63) is 29.2 Å². The van der Waals surface area contributed by atoms with Crippen LogP contribution in [0.15, 0.2) is 18.5 Å². The molecule has 0 N–H and O–H groups in total. The molecule has 3 rings (SSSR count). The van der Waals surface area contributed by atoms with Gasteiger partial charge >= 0.3 is 11.9 Å². The zero-order valence-electron chi connectivity index (χ0n) is 15.8. The Morgan fingerprint density at radius 2 is 1.89 bits per heavy atom. The van der Waals surface area contributed by atoms with E-state index < -0.39 is 17.4 Å². The molecule has 2 aromatic rings. The van der Waals surface area contributed by atoms with Crippen LogP contribution in [0.4, 0.5) is 5.82 Å². The maximum Gasteiger partial charge on any atom is 0.323 e. The fourth-order valence-corrected chi connectivity index (χ4v) is 3.57. The van der Waals surface area contributed by atoms with Crippen LogP contribution < -0.4 is 4.90 Å². The molecule has 1 aliphatic heterocycles. The Hall–Kier alpha value is -2.41. The number of rotatable bonds is 5. The minimum absolute atomic E-state index is 0.0754. The van der Waals surface area contributed by atoms with Crippen molar-refractivity contribution >= 4 is 40.1 Å². The minimum Gasteiger partial charge on any atom is -0.468 e. The molecule has 0 amide bonds. The van der Waals surface area contributed by atoms with E-state index in [1.54, 1.807) is 18.5 Å². The molecule has 0 aliphatic carbocycles. The van der Waals surface area contributed by atoms with Crippen molar-refractivity contribution in [2.75, 3.05) is 25.7 Å². The molecule has 8 heteroatoms. The average Bonchev–Trinajstić information content (AvgIpc) is 2.66. The molecular weight excluding hydrogens is 370 g/mol. The second kappa shape index (κ2) is 7.31. The van der Waals surface area contributed by atoms with Gasteiger partial charge in [0.05, 0.1) is 14.2 Å². The van der Waals surface area contributed by atoms with Gasteiger partial charge in [0.25, 0.3) is 0 Å². The normalized spacial score (nSPS) is 16.8. The third kappa shape index (κ3) is 3.32. The van der Waals surface area contributed by atoms with Gasteiger partial charge in [0, 0.05) is 36.8 Å². The number of anilines is 1. The summed E-state index contributed by atoms with van der Waals surface area (Å²) in [7, 11) is 2.49. The average molecular weight is 392 g/mol. The fraction of sp³-hybridized carbons (Fsp3) is 0.474. The van der Waals surface area contributed by atoms with E-state index >= 15 is 0 Å². The van der Waals surface area contributed by atoms with Crippen molar-refractivity contribution in [1.29, 1.82) is 0 Å². The zero-order chi connectivity index (χ0) is 19.8. The summed E-state index contributed by atoms with van der Waals surface area (Å²) in [5, 5.41) is 1.97. The van der Waals surface area contributed by atoms with Crippen LogP contribution >= 0.6 is 11.6 Å². The predicted molar refractivity (Wildman–Crippen MR) is 102 cm³/mol. The quantitative estimate of drug-likeness (QED) is 0.440. The lowest BCUT2D eigenvalue weighted by atomic mass is 9.83. The lowest BCUT2D eigenvalue weighted by Crippen LogP contribution is -2.46. The first-order chi connectivity index (χ1) is 12.8. The Kier molecular flexibility index (Phi) is 5.24. The number of nitrogens with zero attached hydrogens (tertiary/aromatic N) is 3. The number of esters is 2. The second-order valence-corrected chi connectivity index (χ2v) is 7.37. The first-order valence-corrected chi connectivity index (χ1v) is 9.06. The van der Waals surface area contributed by atoms with Gasteiger partial charge in [0.1, 0.15) is 11.0 Å². The van der Waals surface area contributed by atoms with Crippen LogP contribution in [-0.2, 0) is 25.5 Å². The maximum absolute atomic E-state index is 12.3. The first-order valence-electron chi connectivity index (χ1n) is 8.68. The van der Waals surface area contributed by atoms with Gasteiger partial charge in [-0.25, -0.2) is 9.97 Å². The number of ether oxygens (including phenoxy) is 2. The topological polar surface area (TPSA) is 81.6 Å². The van der Waals surface area contributed by atoms with Crippen molar-refractivity contribution in [3.63, 3.8) is 0 Å².